The highest BCUT2D eigenvalue weighted by atomic mass is 31.2. The quantitative estimate of drug-likeness (QED) is 0.815. The maximum Gasteiger partial charge on any atom is 0.355 e. The second-order valence-corrected chi connectivity index (χ2v) is 6.70. The molecule has 0 unspecified atom stereocenters. The molecule has 2 aromatic rings. The number of amides is 1. The Hall–Kier alpha value is -2.20. The fraction of sp³-hybridized carbons (Fsp3) is 0.118. The van der Waals surface area contributed by atoms with Gasteiger partial charge in [-0.1, -0.05) is 48.5 Å². The van der Waals surface area contributed by atoms with E-state index in [9.17, 15) is 9.36 Å². The molecule has 2 rings (SSSR count). The Balaban J connectivity index is 2.37. The van der Waals surface area contributed by atoms with E-state index in [-0.39, 0.29) is 5.91 Å². The number of carbonyl (C=O) groups is 1. The summed E-state index contributed by atoms with van der Waals surface area (Å²) in [4.78, 5) is 12.4. The summed E-state index contributed by atoms with van der Waals surface area (Å²) >= 11 is 0. The highest BCUT2D eigenvalue weighted by Crippen LogP contribution is 2.49. The molecule has 6 heteroatoms. The van der Waals surface area contributed by atoms with Crippen molar-refractivity contribution in [1.29, 1.82) is 0 Å². The van der Waals surface area contributed by atoms with E-state index >= 15 is 0 Å². The van der Waals surface area contributed by atoms with Gasteiger partial charge >= 0.3 is 7.60 Å². The SMILES string of the molecule is COP(=O)(/C=C(\NC(=O)c1ccccc1)c1ccccc1)OC. The first kappa shape index (κ1) is 17.2. The van der Waals surface area contributed by atoms with Crippen LogP contribution in [0.25, 0.3) is 5.70 Å². The molecule has 0 saturated carbocycles. The standard InChI is InChI=1S/C17H18NO4P/c1-21-23(20,22-2)13-16(14-9-5-3-6-10-14)18-17(19)15-11-7-4-8-12-15/h3-13H,1-2H3,(H,18,19)/b16-13-. The smallest absolute Gasteiger partial charge is 0.321 e. The van der Waals surface area contributed by atoms with Gasteiger partial charge in [0.15, 0.2) is 0 Å². The number of nitrogens with one attached hydrogen (secondary N) is 1. The summed E-state index contributed by atoms with van der Waals surface area (Å²) in [5.41, 5.74) is 1.57. The Morgan fingerprint density at radius 2 is 1.39 bits per heavy atom. The first-order valence-electron chi connectivity index (χ1n) is 6.94. The Morgan fingerprint density at radius 3 is 1.87 bits per heavy atom. The third-order valence-corrected chi connectivity index (χ3v) is 4.76. The van der Waals surface area contributed by atoms with Crippen LogP contribution in [0.4, 0.5) is 0 Å². The third kappa shape index (κ3) is 4.63. The molecule has 0 saturated heterocycles. The number of carbonyl (C=O) groups excluding carboxylic acids is 1. The van der Waals surface area contributed by atoms with Crippen LogP contribution in [-0.2, 0) is 13.6 Å². The molecule has 0 radical (unpaired) electrons. The van der Waals surface area contributed by atoms with Crippen molar-refractivity contribution < 1.29 is 18.4 Å². The normalized spacial score (nSPS) is 12.0. The van der Waals surface area contributed by atoms with E-state index < -0.39 is 7.60 Å². The average Bonchev–Trinajstić information content (AvgIpc) is 2.62. The van der Waals surface area contributed by atoms with Crippen molar-refractivity contribution in [3.63, 3.8) is 0 Å². The van der Waals surface area contributed by atoms with Crippen LogP contribution in [0.5, 0.6) is 0 Å². The Kier molecular flexibility index (Phi) is 5.88. The first-order chi connectivity index (χ1) is 11.1. The van der Waals surface area contributed by atoms with Gasteiger partial charge in [-0.2, -0.15) is 0 Å². The number of benzene rings is 2. The lowest BCUT2D eigenvalue weighted by molar-refractivity contribution is 0.0974. The van der Waals surface area contributed by atoms with Crippen molar-refractivity contribution in [3.8, 4) is 0 Å². The van der Waals surface area contributed by atoms with Crippen LogP contribution < -0.4 is 5.32 Å². The molecule has 0 aromatic heterocycles. The van der Waals surface area contributed by atoms with Crippen LogP contribution in [-0.4, -0.2) is 20.1 Å². The fourth-order valence-electron chi connectivity index (χ4n) is 1.92. The molecule has 23 heavy (non-hydrogen) atoms. The summed E-state index contributed by atoms with van der Waals surface area (Å²) in [7, 11) is -0.839. The number of hydrogen-bond donors (Lipinski definition) is 1. The zero-order valence-electron chi connectivity index (χ0n) is 12.9. The first-order valence-corrected chi connectivity index (χ1v) is 8.55. The monoisotopic (exact) mass is 331 g/mol. The van der Waals surface area contributed by atoms with Gasteiger partial charge < -0.3 is 14.4 Å². The van der Waals surface area contributed by atoms with E-state index in [1.807, 2.05) is 24.3 Å². The zero-order valence-corrected chi connectivity index (χ0v) is 13.8. The second-order valence-electron chi connectivity index (χ2n) is 4.63. The van der Waals surface area contributed by atoms with Crippen molar-refractivity contribution >= 4 is 19.2 Å². The Bertz CT molecular complexity index is 721. The number of rotatable bonds is 6. The molecule has 0 aliphatic carbocycles. The highest BCUT2D eigenvalue weighted by molar-refractivity contribution is 7.57. The van der Waals surface area contributed by atoms with Crippen molar-refractivity contribution in [2.45, 2.75) is 0 Å². The third-order valence-electron chi connectivity index (χ3n) is 3.17. The minimum Gasteiger partial charge on any atom is -0.321 e. The van der Waals surface area contributed by atoms with Gasteiger partial charge in [0.1, 0.15) is 0 Å². The molecular formula is C17H18NO4P. The van der Waals surface area contributed by atoms with E-state index in [4.69, 9.17) is 9.05 Å². The van der Waals surface area contributed by atoms with Gasteiger partial charge in [-0.15, -0.1) is 0 Å². The van der Waals surface area contributed by atoms with Gasteiger partial charge in [0.05, 0.1) is 11.5 Å². The summed E-state index contributed by atoms with van der Waals surface area (Å²) < 4.78 is 22.2. The van der Waals surface area contributed by atoms with E-state index in [2.05, 4.69) is 5.32 Å². The summed E-state index contributed by atoms with van der Waals surface area (Å²) in [6, 6.07) is 17.9. The van der Waals surface area contributed by atoms with Gasteiger partial charge in [0.2, 0.25) is 0 Å². The summed E-state index contributed by atoms with van der Waals surface area (Å²) in [6.45, 7) is 0. The molecule has 1 N–H and O–H groups in total. The summed E-state index contributed by atoms with van der Waals surface area (Å²) in [5.74, 6) is 1.00. The van der Waals surface area contributed by atoms with Crippen LogP contribution in [0.15, 0.2) is 66.5 Å². The van der Waals surface area contributed by atoms with Gasteiger partial charge in [-0.05, 0) is 17.7 Å². The minimum atomic E-state index is -3.43. The Morgan fingerprint density at radius 1 is 0.913 bits per heavy atom. The molecule has 0 fully saturated rings. The largest absolute Gasteiger partial charge is 0.355 e. The molecule has 2 aromatic carbocycles. The molecule has 0 bridgehead atoms. The van der Waals surface area contributed by atoms with Crippen LogP contribution in [0, 0.1) is 0 Å². The van der Waals surface area contributed by atoms with Gasteiger partial charge in [-0.25, -0.2) is 0 Å². The molecule has 0 spiro atoms. The summed E-state index contributed by atoms with van der Waals surface area (Å²) in [6.07, 6.45) is 0. The van der Waals surface area contributed by atoms with E-state index in [1.165, 1.54) is 20.0 Å². The minimum absolute atomic E-state index is 0.306. The molecule has 120 valence electrons. The molecule has 5 nitrogen and oxygen atoms in total. The predicted octanol–water partition coefficient (Wildman–Crippen LogP) is 3.90. The fourth-order valence-corrected chi connectivity index (χ4v) is 2.81. The predicted molar refractivity (Wildman–Crippen MR) is 90.0 cm³/mol. The van der Waals surface area contributed by atoms with Crippen LogP contribution in [0.1, 0.15) is 15.9 Å². The topological polar surface area (TPSA) is 64.6 Å². The average molecular weight is 331 g/mol. The molecule has 1 amide bonds. The van der Waals surface area contributed by atoms with Crippen LogP contribution in [0.2, 0.25) is 0 Å². The zero-order chi connectivity index (χ0) is 16.7. The Labute approximate surface area is 135 Å². The van der Waals surface area contributed by atoms with Crippen molar-refractivity contribution in [1.82, 2.24) is 5.32 Å². The number of hydrogen-bond acceptors (Lipinski definition) is 4. The maximum atomic E-state index is 12.4. The van der Waals surface area contributed by atoms with Crippen molar-refractivity contribution in [2.24, 2.45) is 0 Å². The summed E-state index contributed by atoms with van der Waals surface area (Å²) in [5, 5.41) is 2.76. The molecular weight excluding hydrogens is 313 g/mol. The van der Waals surface area contributed by atoms with Crippen molar-refractivity contribution in [3.05, 3.63) is 77.6 Å². The van der Waals surface area contributed by atoms with E-state index in [1.54, 1.807) is 36.4 Å². The van der Waals surface area contributed by atoms with E-state index in [0.29, 0.717) is 16.8 Å². The lowest BCUT2D eigenvalue weighted by Gasteiger charge is -2.14. The highest BCUT2D eigenvalue weighted by Gasteiger charge is 2.20. The lowest BCUT2D eigenvalue weighted by atomic mass is 10.1. The second kappa shape index (κ2) is 7.88. The molecule has 0 aliphatic rings. The molecule has 0 atom stereocenters. The molecule has 0 heterocycles. The molecule has 0 aliphatic heterocycles. The van der Waals surface area contributed by atoms with E-state index in [0.717, 1.165) is 0 Å². The van der Waals surface area contributed by atoms with Gasteiger partial charge in [0.25, 0.3) is 5.91 Å². The van der Waals surface area contributed by atoms with Crippen LogP contribution >= 0.6 is 7.60 Å². The van der Waals surface area contributed by atoms with Crippen molar-refractivity contribution in [2.75, 3.05) is 14.2 Å². The van der Waals surface area contributed by atoms with Gasteiger partial charge in [0, 0.05) is 19.8 Å². The van der Waals surface area contributed by atoms with Gasteiger partial charge in [-0.3, -0.25) is 9.36 Å². The maximum absolute atomic E-state index is 12.4. The van der Waals surface area contributed by atoms with Crippen LogP contribution in [0.3, 0.4) is 0 Å². The lowest BCUT2D eigenvalue weighted by Crippen LogP contribution is -2.22.